The zero-order valence-corrected chi connectivity index (χ0v) is 10.3. The van der Waals surface area contributed by atoms with Crippen LogP contribution >= 0.6 is 11.6 Å². The molecule has 0 saturated heterocycles. The Morgan fingerprint density at radius 1 is 1.29 bits per heavy atom. The molecular formula is C12H16ClF2NO. The maximum atomic E-state index is 12.2. The van der Waals surface area contributed by atoms with Crippen LogP contribution in [0.1, 0.15) is 25.0 Å². The first-order valence-corrected chi connectivity index (χ1v) is 5.83. The molecule has 0 aliphatic rings. The largest absolute Gasteiger partial charge is 0.366 e. The molecule has 2 atom stereocenters. The van der Waals surface area contributed by atoms with E-state index in [1.54, 1.807) is 24.3 Å². The van der Waals surface area contributed by atoms with Crippen molar-refractivity contribution < 1.29 is 13.5 Å². The van der Waals surface area contributed by atoms with E-state index in [0.717, 1.165) is 5.56 Å². The molecule has 2 nitrogen and oxygen atoms in total. The SMILES string of the molecule is CCC(N)C(OCC(F)F)c1ccc(Cl)cc1. The molecule has 96 valence electrons. The van der Waals surface area contributed by atoms with Crippen molar-refractivity contribution in [1.82, 2.24) is 0 Å². The van der Waals surface area contributed by atoms with Gasteiger partial charge in [-0.3, -0.25) is 0 Å². The van der Waals surface area contributed by atoms with Crippen LogP contribution in [0.3, 0.4) is 0 Å². The Labute approximate surface area is 105 Å². The van der Waals surface area contributed by atoms with Gasteiger partial charge in [-0.25, -0.2) is 8.78 Å². The molecule has 0 heterocycles. The van der Waals surface area contributed by atoms with Crippen LogP contribution in [0.5, 0.6) is 0 Å². The van der Waals surface area contributed by atoms with Crippen LogP contribution in [-0.4, -0.2) is 19.1 Å². The summed E-state index contributed by atoms with van der Waals surface area (Å²) in [6.45, 7) is 1.28. The van der Waals surface area contributed by atoms with E-state index in [1.807, 2.05) is 6.92 Å². The lowest BCUT2D eigenvalue weighted by molar-refractivity contribution is -0.0351. The number of benzene rings is 1. The van der Waals surface area contributed by atoms with E-state index >= 15 is 0 Å². The first-order chi connectivity index (χ1) is 8.04. The first kappa shape index (κ1) is 14.4. The molecule has 0 aliphatic carbocycles. The van der Waals surface area contributed by atoms with Gasteiger partial charge in [0, 0.05) is 11.1 Å². The lowest BCUT2D eigenvalue weighted by Gasteiger charge is -2.23. The van der Waals surface area contributed by atoms with Gasteiger partial charge in [-0.05, 0) is 24.1 Å². The van der Waals surface area contributed by atoms with Crippen molar-refractivity contribution in [3.63, 3.8) is 0 Å². The van der Waals surface area contributed by atoms with E-state index < -0.39 is 19.1 Å². The fraction of sp³-hybridized carbons (Fsp3) is 0.500. The molecule has 0 aromatic heterocycles. The Morgan fingerprint density at radius 3 is 2.35 bits per heavy atom. The number of hydrogen-bond acceptors (Lipinski definition) is 2. The molecule has 1 aromatic carbocycles. The number of nitrogens with two attached hydrogens (primary N) is 1. The minimum Gasteiger partial charge on any atom is -0.366 e. The molecule has 1 aromatic rings. The summed E-state index contributed by atoms with van der Waals surface area (Å²) in [5, 5.41) is 0.589. The van der Waals surface area contributed by atoms with Crippen LogP contribution in [0.2, 0.25) is 5.02 Å². The van der Waals surface area contributed by atoms with E-state index in [9.17, 15) is 8.78 Å². The van der Waals surface area contributed by atoms with E-state index in [-0.39, 0.29) is 6.04 Å². The maximum absolute atomic E-state index is 12.2. The third-order valence-electron chi connectivity index (χ3n) is 2.46. The van der Waals surface area contributed by atoms with Gasteiger partial charge in [0.15, 0.2) is 0 Å². The zero-order valence-electron chi connectivity index (χ0n) is 9.58. The molecule has 2 unspecified atom stereocenters. The van der Waals surface area contributed by atoms with E-state index in [4.69, 9.17) is 22.1 Å². The van der Waals surface area contributed by atoms with Crippen molar-refractivity contribution in [2.75, 3.05) is 6.61 Å². The van der Waals surface area contributed by atoms with Gasteiger partial charge < -0.3 is 10.5 Å². The maximum Gasteiger partial charge on any atom is 0.261 e. The number of hydrogen-bond donors (Lipinski definition) is 1. The predicted molar refractivity (Wildman–Crippen MR) is 64.4 cm³/mol. The molecule has 0 saturated carbocycles. The summed E-state index contributed by atoms with van der Waals surface area (Å²) in [6, 6.07) is 6.56. The van der Waals surface area contributed by atoms with E-state index in [1.165, 1.54) is 0 Å². The second kappa shape index (κ2) is 6.89. The third kappa shape index (κ3) is 4.58. The van der Waals surface area contributed by atoms with Gasteiger partial charge >= 0.3 is 0 Å². The first-order valence-electron chi connectivity index (χ1n) is 5.45. The topological polar surface area (TPSA) is 35.2 Å². The van der Waals surface area contributed by atoms with Crippen LogP contribution in [0.4, 0.5) is 8.78 Å². The summed E-state index contributed by atoms with van der Waals surface area (Å²) >= 11 is 5.77. The van der Waals surface area contributed by atoms with Crippen molar-refractivity contribution in [2.45, 2.75) is 31.9 Å². The molecule has 0 amide bonds. The van der Waals surface area contributed by atoms with Gasteiger partial charge in [0.25, 0.3) is 6.43 Å². The smallest absolute Gasteiger partial charge is 0.261 e. The van der Waals surface area contributed by atoms with Crippen molar-refractivity contribution in [2.24, 2.45) is 5.73 Å². The Bertz CT molecular complexity index is 332. The minimum absolute atomic E-state index is 0.310. The summed E-state index contributed by atoms with van der Waals surface area (Å²) in [4.78, 5) is 0. The number of ether oxygens (including phenoxy) is 1. The lowest BCUT2D eigenvalue weighted by atomic mass is 10.0. The predicted octanol–water partition coefficient (Wildman–Crippen LogP) is 3.40. The number of halogens is 3. The highest BCUT2D eigenvalue weighted by Gasteiger charge is 2.20. The molecule has 2 N–H and O–H groups in total. The van der Waals surface area contributed by atoms with Crippen molar-refractivity contribution in [3.05, 3.63) is 34.9 Å². The zero-order chi connectivity index (χ0) is 12.8. The highest BCUT2D eigenvalue weighted by Crippen LogP contribution is 2.24. The van der Waals surface area contributed by atoms with Gasteiger partial charge in [-0.1, -0.05) is 30.7 Å². The van der Waals surface area contributed by atoms with Crippen LogP contribution < -0.4 is 5.73 Å². The molecule has 0 fully saturated rings. The highest BCUT2D eigenvalue weighted by atomic mass is 35.5. The quantitative estimate of drug-likeness (QED) is 0.854. The van der Waals surface area contributed by atoms with E-state index in [2.05, 4.69) is 0 Å². The van der Waals surface area contributed by atoms with Crippen LogP contribution in [0.25, 0.3) is 0 Å². The van der Waals surface area contributed by atoms with Gasteiger partial charge in [0.05, 0.1) is 6.10 Å². The van der Waals surface area contributed by atoms with Crippen LogP contribution in [-0.2, 0) is 4.74 Å². The van der Waals surface area contributed by atoms with Gasteiger partial charge in [-0.2, -0.15) is 0 Å². The normalized spacial score (nSPS) is 14.9. The molecule has 0 bridgehead atoms. The Kier molecular flexibility index (Phi) is 5.82. The average Bonchev–Trinajstić information content (AvgIpc) is 2.30. The summed E-state index contributed by atoms with van der Waals surface area (Å²) in [5.41, 5.74) is 6.64. The molecular weight excluding hydrogens is 248 g/mol. The molecule has 17 heavy (non-hydrogen) atoms. The second-order valence-corrected chi connectivity index (χ2v) is 4.21. The van der Waals surface area contributed by atoms with E-state index in [0.29, 0.717) is 11.4 Å². The third-order valence-corrected chi connectivity index (χ3v) is 2.71. The summed E-state index contributed by atoms with van der Waals surface area (Å²) in [7, 11) is 0. The lowest BCUT2D eigenvalue weighted by Crippen LogP contribution is -2.30. The molecule has 0 aliphatic heterocycles. The highest BCUT2D eigenvalue weighted by molar-refractivity contribution is 6.30. The van der Waals surface area contributed by atoms with Gasteiger partial charge in [-0.15, -0.1) is 0 Å². The summed E-state index contributed by atoms with van der Waals surface area (Å²) in [5.74, 6) is 0. The standard InChI is InChI=1S/C12H16ClF2NO/c1-2-10(16)12(17-7-11(14)15)8-3-5-9(13)6-4-8/h3-6,10-12H,2,7,16H2,1H3. The van der Waals surface area contributed by atoms with Crippen LogP contribution in [0, 0.1) is 0 Å². The molecule has 0 radical (unpaired) electrons. The fourth-order valence-electron chi connectivity index (χ4n) is 1.51. The summed E-state index contributed by atoms with van der Waals surface area (Å²) < 4.78 is 29.5. The Hall–Kier alpha value is -0.710. The molecule has 0 spiro atoms. The van der Waals surface area contributed by atoms with Crippen molar-refractivity contribution in [3.8, 4) is 0 Å². The second-order valence-electron chi connectivity index (χ2n) is 3.77. The Morgan fingerprint density at radius 2 is 1.88 bits per heavy atom. The monoisotopic (exact) mass is 263 g/mol. The van der Waals surface area contributed by atoms with Crippen molar-refractivity contribution in [1.29, 1.82) is 0 Å². The fourth-order valence-corrected chi connectivity index (χ4v) is 1.64. The Balaban J connectivity index is 2.78. The van der Waals surface area contributed by atoms with Crippen molar-refractivity contribution >= 4 is 11.6 Å². The minimum atomic E-state index is -2.49. The number of alkyl halides is 2. The van der Waals surface area contributed by atoms with Gasteiger partial charge in [0.1, 0.15) is 6.61 Å². The van der Waals surface area contributed by atoms with Gasteiger partial charge in [0.2, 0.25) is 0 Å². The average molecular weight is 264 g/mol. The van der Waals surface area contributed by atoms with Crippen LogP contribution in [0.15, 0.2) is 24.3 Å². The molecule has 5 heteroatoms. The number of rotatable bonds is 6. The molecule has 1 rings (SSSR count). The summed E-state index contributed by atoms with van der Waals surface area (Å²) in [6.07, 6.45) is -2.36.